The van der Waals surface area contributed by atoms with Crippen molar-refractivity contribution >= 4 is 28.7 Å². The molecule has 0 fully saturated rings. The van der Waals surface area contributed by atoms with Gasteiger partial charge in [-0.25, -0.2) is 14.4 Å². The number of carboxylic acid groups (broad SMARTS) is 1. The Hall–Kier alpha value is -4.37. The molecule has 37 heavy (non-hydrogen) atoms. The van der Waals surface area contributed by atoms with Crippen LogP contribution in [0.5, 0.6) is 0 Å². The zero-order valence-corrected chi connectivity index (χ0v) is 20.2. The molecule has 1 aromatic heterocycles. The third-order valence-corrected chi connectivity index (χ3v) is 6.87. The van der Waals surface area contributed by atoms with Crippen LogP contribution in [0.2, 0.25) is 0 Å². The van der Waals surface area contributed by atoms with Crippen molar-refractivity contribution in [3.05, 3.63) is 100 Å². The van der Waals surface area contributed by atoms with E-state index in [1.165, 1.54) is 12.1 Å². The highest BCUT2D eigenvalue weighted by Crippen LogP contribution is 2.30. The summed E-state index contributed by atoms with van der Waals surface area (Å²) < 4.78 is 13.2. The summed E-state index contributed by atoms with van der Waals surface area (Å²) in [4.78, 5) is 36.2. The van der Waals surface area contributed by atoms with Crippen molar-refractivity contribution in [1.29, 1.82) is 0 Å². The van der Waals surface area contributed by atoms with E-state index >= 15 is 0 Å². The normalized spacial score (nSPS) is 14.4. The molecular formula is C28H26FN5O3. The van der Waals surface area contributed by atoms with Gasteiger partial charge in [0.05, 0.1) is 5.52 Å². The zero-order valence-electron chi connectivity index (χ0n) is 20.2. The Morgan fingerprint density at radius 3 is 2.38 bits per heavy atom. The van der Waals surface area contributed by atoms with Crippen LogP contribution in [0.1, 0.15) is 39.7 Å². The number of aromatic nitrogens is 2. The first-order valence-corrected chi connectivity index (χ1v) is 11.9. The first-order valence-electron chi connectivity index (χ1n) is 11.9. The molecule has 4 N–H and O–H groups in total. The first kappa shape index (κ1) is 24.3. The number of carbonyl (C=O) groups is 2. The van der Waals surface area contributed by atoms with E-state index in [2.05, 4.69) is 15.3 Å². The molecule has 1 unspecified atom stereocenters. The number of fused-ring (bicyclic) bond motifs is 2. The SMILES string of the molecule is CC(CNCc1ccc(F)cc1)(C(=O)O)c1ccc2nc(N)nc(C(=O)N3Cc4ccccc4C3)c2c1. The highest BCUT2D eigenvalue weighted by atomic mass is 19.1. The van der Waals surface area contributed by atoms with Gasteiger partial charge in [0.25, 0.3) is 5.91 Å². The minimum absolute atomic E-state index is 0.0257. The summed E-state index contributed by atoms with van der Waals surface area (Å²) in [6.45, 7) is 3.01. The number of nitrogen functional groups attached to an aromatic ring is 1. The van der Waals surface area contributed by atoms with E-state index in [0.717, 1.165) is 16.7 Å². The molecule has 8 nitrogen and oxygen atoms in total. The zero-order chi connectivity index (χ0) is 26.2. The molecule has 9 heteroatoms. The number of anilines is 1. The van der Waals surface area contributed by atoms with Crippen LogP contribution in [0.25, 0.3) is 10.9 Å². The van der Waals surface area contributed by atoms with Crippen molar-refractivity contribution in [1.82, 2.24) is 20.2 Å². The fourth-order valence-electron chi connectivity index (χ4n) is 4.64. The molecule has 0 saturated heterocycles. The number of hydrogen-bond donors (Lipinski definition) is 3. The summed E-state index contributed by atoms with van der Waals surface area (Å²) >= 11 is 0. The average molecular weight is 500 g/mol. The molecule has 1 atom stereocenters. The van der Waals surface area contributed by atoms with Gasteiger partial charge in [0.1, 0.15) is 16.9 Å². The fraction of sp³-hybridized carbons (Fsp3) is 0.214. The largest absolute Gasteiger partial charge is 0.481 e. The maximum atomic E-state index is 13.6. The highest BCUT2D eigenvalue weighted by Gasteiger charge is 2.36. The molecule has 5 rings (SSSR count). The van der Waals surface area contributed by atoms with Crippen molar-refractivity contribution in [3.63, 3.8) is 0 Å². The number of nitrogens with one attached hydrogen (secondary N) is 1. The van der Waals surface area contributed by atoms with E-state index in [1.807, 2.05) is 24.3 Å². The number of halogens is 1. The second-order valence-electron chi connectivity index (χ2n) is 9.46. The van der Waals surface area contributed by atoms with Gasteiger partial charge in [-0.3, -0.25) is 9.59 Å². The lowest BCUT2D eigenvalue weighted by Gasteiger charge is -2.26. The van der Waals surface area contributed by atoms with Gasteiger partial charge in [0.2, 0.25) is 5.95 Å². The summed E-state index contributed by atoms with van der Waals surface area (Å²) in [5, 5.41) is 13.8. The molecule has 188 valence electrons. The van der Waals surface area contributed by atoms with Crippen molar-refractivity contribution in [2.45, 2.75) is 32.0 Å². The Morgan fingerprint density at radius 1 is 1.05 bits per heavy atom. The number of aliphatic carboxylic acids is 1. The number of nitrogens with zero attached hydrogens (tertiary/aromatic N) is 3. The van der Waals surface area contributed by atoms with Crippen LogP contribution in [0, 0.1) is 5.82 Å². The molecule has 1 aliphatic heterocycles. The maximum Gasteiger partial charge on any atom is 0.315 e. The topological polar surface area (TPSA) is 121 Å². The lowest BCUT2D eigenvalue weighted by molar-refractivity contribution is -0.143. The molecule has 3 aromatic carbocycles. The molecule has 0 saturated carbocycles. The summed E-state index contributed by atoms with van der Waals surface area (Å²) in [6.07, 6.45) is 0. The molecular weight excluding hydrogens is 473 g/mol. The van der Waals surface area contributed by atoms with Crippen LogP contribution in [-0.4, -0.2) is 38.4 Å². The molecule has 4 aromatic rings. The monoisotopic (exact) mass is 499 g/mol. The molecule has 1 amide bonds. The average Bonchev–Trinajstić information content (AvgIpc) is 3.33. The van der Waals surface area contributed by atoms with E-state index in [0.29, 0.717) is 36.1 Å². The van der Waals surface area contributed by atoms with Crippen LogP contribution in [0.3, 0.4) is 0 Å². The van der Waals surface area contributed by atoms with Crippen molar-refractivity contribution in [3.8, 4) is 0 Å². The van der Waals surface area contributed by atoms with Crippen molar-refractivity contribution in [2.24, 2.45) is 0 Å². The van der Waals surface area contributed by atoms with Gasteiger partial charge in [-0.2, -0.15) is 0 Å². The molecule has 0 aliphatic carbocycles. The van der Waals surface area contributed by atoms with Gasteiger partial charge in [0, 0.05) is 31.6 Å². The second kappa shape index (κ2) is 9.59. The van der Waals surface area contributed by atoms with Crippen molar-refractivity contribution < 1.29 is 19.1 Å². The third kappa shape index (κ3) is 4.73. The van der Waals surface area contributed by atoms with E-state index in [4.69, 9.17) is 5.73 Å². The van der Waals surface area contributed by atoms with Crippen LogP contribution in [0.15, 0.2) is 66.7 Å². The van der Waals surface area contributed by atoms with Gasteiger partial charge >= 0.3 is 5.97 Å². The number of carboxylic acids is 1. The Bertz CT molecular complexity index is 1480. The van der Waals surface area contributed by atoms with Gasteiger partial charge in [-0.1, -0.05) is 42.5 Å². The molecule has 0 spiro atoms. The molecule has 0 radical (unpaired) electrons. The summed E-state index contributed by atoms with van der Waals surface area (Å²) in [5.41, 5.74) is 8.69. The number of benzene rings is 3. The Morgan fingerprint density at radius 2 is 1.73 bits per heavy atom. The summed E-state index contributed by atoms with van der Waals surface area (Å²) in [7, 11) is 0. The van der Waals surface area contributed by atoms with Crippen LogP contribution in [-0.2, 0) is 29.8 Å². The van der Waals surface area contributed by atoms with Gasteiger partial charge in [-0.15, -0.1) is 0 Å². The van der Waals surface area contributed by atoms with Crippen LogP contribution < -0.4 is 11.1 Å². The number of hydrogen-bond acceptors (Lipinski definition) is 6. The summed E-state index contributed by atoms with van der Waals surface area (Å²) in [6, 6.07) is 18.9. The lowest BCUT2D eigenvalue weighted by Crippen LogP contribution is -2.42. The highest BCUT2D eigenvalue weighted by molar-refractivity contribution is 6.05. The quantitative estimate of drug-likeness (QED) is 0.355. The standard InChI is InChI=1S/C28H26FN5O3/c1-28(26(36)37,16-31-13-17-6-9-21(29)10-7-17)20-8-11-23-22(12-20)24(33-27(30)32-23)25(35)34-14-18-4-2-3-5-19(18)15-34/h2-12,31H,13-16H2,1H3,(H,36,37)(H2,30,32,33). The van der Waals surface area contributed by atoms with Gasteiger partial charge in [-0.05, 0) is 53.4 Å². The lowest BCUT2D eigenvalue weighted by atomic mass is 9.81. The predicted octanol–water partition coefficient (Wildman–Crippen LogP) is 3.64. The smallest absolute Gasteiger partial charge is 0.315 e. The number of rotatable bonds is 7. The van der Waals surface area contributed by atoms with E-state index in [-0.39, 0.29) is 29.9 Å². The minimum atomic E-state index is -1.32. The number of nitrogens with two attached hydrogens (primary N) is 1. The Kier molecular flexibility index (Phi) is 6.31. The second-order valence-corrected chi connectivity index (χ2v) is 9.46. The predicted molar refractivity (Wildman–Crippen MR) is 137 cm³/mol. The van der Waals surface area contributed by atoms with Crippen molar-refractivity contribution in [2.75, 3.05) is 12.3 Å². The number of carbonyl (C=O) groups excluding carboxylic acids is 1. The van der Waals surface area contributed by atoms with E-state index in [9.17, 15) is 19.1 Å². The van der Waals surface area contributed by atoms with Crippen LogP contribution >= 0.6 is 0 Å². The van der Waals surface area contributed by atoms with Crippen LogP contribution in [0.4, 0.5) is 10.3 Å². The Balaban J connectivity index is 1.45. The molecule has 1 aliphatic rings. The van der Waals surface area contributed by atoms with E-state index < -0.39 is 11.4 Å². The minimum Gasteiger partial charge on any atom is -0.481 e. The first-order chi connectivity index (χ1) is 17.7. The fourth-order valence-corrected chi connectivity index (χ4v) is 4.64. The summed E-state index contributed by atoms with van der Waals surface area (Å²) in [5.74, 6) is -1.68. The third-order valence-electron chi connectivity index (χ3n) is 6.87. The molecule has 2 heterocycles. The van der Waals surface area contributed by atoms with E-state index in [1.54, 1.807) is 42.2 Å². The molecule has 0 bridgehead atoms. The van der Waals surface area contributed by atoms with Gasteiger partial charge < -0.3 is 21.1 Å². The Labute approximate surface area is 213 Å². The van der Waals surface area contributed by atoms with Gasteiger partial charge in [0.15, 0.2) is 0 Å². The maximum absolute atomic E-state index is 13.6. The number of amides is 1.